The molecule has 1 saturated carbocycles. The lowest BCUT2D eigenvalue weighted by Gasteiger charge is -2.26. The fourth-order valence-corrected chi connectivity index (χ4v) is 2.13. The van der Waals surface area contributed by atoms with Crippen molar-refractivity contribution >= 4 is 5.78 Å². The Bertz CT molecular complexity index is 456. The molecule has 0 bridgehead atoms. The summed E-state index contributed by atoms with van der Waals surface area (Å²) < 4.78 is 2.06. The van der Waals surface area contributed by atoms with Gasteiger partial charge in [-0.2, -0.15) is 0 Å². The van der Waals surface area contributed by atoms with E-state index in [9.17, 15) is 4.79 Å². The van der Waals surface area contributed by atoms with E-state index in [0.29, 0.717) is 5.69 Å². The van der Waals surface area contributed by atoms with Gasteiger partial charge in [-0.1, -0.05) is 6.42 Å². The second-order valence-corrected chi connectivity index (χ2v) is 5.24. The van der Waals surface area contributed by atoms with E-state index in [1.54, 1.807) is 18.5 Å². The lowest BCUT2D eigenvalue weighted by Crippen LogP contribution is -2.21. The number of allylic oxidation sites excluding steroid dienone is 1. The number of carbonyl (C=O) groups excluding carboxylic acids is 1. The van der Waals surface area contributed by atoms with Gasteiger partial charge < -0.3 is 9.47 Å². The molecule has 1 aromatic rings. The van der Waals surface area contributed by atoms with Crippen molar-refractivity contribution in [3.63, 3.8) is 0 Å². The maximum absolute atomic E-state index is 12.1. The van der Waals surface area contributed by atoms with Crippen LogP contribution in [0.1, 0.15) is 35.6 Å². The molecule has 4 nitrogen and oxygen atoms in total. The topological polar surface area (TPSA) is 38.1 Å². The molecule has 2 rings (SSSR count). The standard InChI is InChI=1S/C14H21N3O/c1-11-15-9-13(14(18)7-8-16(2)3)17(11)10-12-5-4-6-12/h7-9,12H,4-6,10H2,1-3H3. The first-order valence-corrected chi connectivity index (χ1v) is 6.49. The third-order valence-electron chi connectivity index (χ3n) is 3.50. The van der Waals surface area contributed by atoms with E-state index in [4.69, 9.17) is 0 Å². The molecule has 0 atom stereocenters. The van der Waals surface area contributed by atoms with Gasteiger partial charge in [0.05, 0.1) is 6.20 Å². The van der Waals surface area contributed by atoms with Crippen molar-refractivity contribution in [3.8, 4) is 0 Å². The summed E-state index contributed by atoms with van der Waals surface area (Å²) in [4.78, 5) is 18.2. The largest absolute Gasteiger partial charge is 0.383 e. The van der Waals surface area contributed by atoms with E-state index in [2.05, 4.69) is 9.55 Å². The number of aromatic nitrogens is 2. The zero-order valence-electron chi connectivity index (χ0n) is 11.4. The predicted molar refractivity (Wildman–Crippen MR) is 71.5 cm³/mol. The summed E-state index contributed by atoms with van der Waals surface area (Å²) in [7, 11) is 3.81. The van der Waals surface area contributed by atoms with Gasteiger partial charge in [0.2, 0.25) is 5.78 Å². The third kappa shape index (κ3) is 2.81. The van der Waals surface area contributed by atoms with Crippen LogP contribution in [0.15, 0.2) is 18.5 Å². The van der Waals surface area contributed by atoms with Gasteiger partial charge in [-0.3, -0.25) is 4.79 Å². The summed E-state index contributed by atoms with van der Waals surface area (Å²) in [5, 5.41) is 0. The molecule has 1 aromatic heterocycles. The van der Waals surface area contributed by atoms with Crippen molar-refractivity contribution in [3.05, 3.63) is 30.0 Å². The summed E-state index contributed by atoms with van der Waals surface area (Å²) in [6.45, 7) is 2.90. The number of aryl methyl sites for hydroxylation is 1. The second-order valence-electron chi connectivity index (χ2n) is 5.24. The molecule has 0 amide bonds. The van der Waals surface area contributed by atoms with Crippen molar-refractivity contribution in [2.24, 2.45) is 5.92 Å². The Morgan fingerprint density at radius 3 is 2.83 bits per heavy atom. The number of rotatable bonds is 5. The van der Waals surface area contributed by atoms with E-state index < -0.39 is 0 Å². The van der Waals surface area contributed by atoms with Crippen molar-refractivity contribution in [1.82, 2.24) is 14.5 Å². The molecule has 0 radical (unpaired) electrons. The summed E-state index contributed by atoms with van der Waals surface area (Å²) in [6.07, 6.45) is 8.95. The van der Waals surface area contributed by atoms with E-state index >= 15 is 0 Å². The molecule has 1 heterocycles. The van der Waals surface area contributed by atoms with E-state index in [-0.39, 0.29) is 5.78 Å². The third-order valence-corrected chi connectivity index (χ3v) is 3.50. The highest BCUT2D eigenvalue weighted by atomic mass is 16.1. The van der Waals surface area contributed by atoms with Gasteiger partial charge in [0, 0.05) is 32.9 Å². The summed E-state index contributed by atoms with van der Waals surface area (Å²) >= 11 is 0. The van der Waals surface area contributed by atoms with Crippen molar-refractivity contribution < 1.29 is 4.79 Å². The van der Waals surface area contributed by atoms with Crippen molar-refractivity contribution in [1.29, 1.82) is 0 Å². The molecule has 0 aromatic carbocycles. The molecule has 1 fully saturated rings. The second kappa shape index (κ2) is 5.38. The van der Waals surface area contributed by atoms with E-state index in [1.165, 1.54) is 19.3 Å². The van der Waals surface area contributed by atoms with Crippen LogP contribution in [0.25, 0.3) is 0 Å². The lowest BCUT2D eigenvalue weighted by molar-refractivity contribution is 0.103. The molecule has 0 saturated heterocycles. The first kappa shape index (κ1) is 12.9. The maximum atomic E-state index is 12.1. The Kier molecular flexibility index (Phi) is 3.84. The van der Waals surface area contributed by atoms with Gasteiger partial charge in [-0.15, -0.1) is 0 Å². The smallest absolute Gasteiger partial charge is 0.205 e. The number of ketones is 1. The number of carbonyl (C=O) groups is 1. The molecule has 4 heteroatoms. The van der Waals surface area contributed by atoms with Crippen LogP contribution in [0, 0.1) is 12.8 Å². The van der Waals surface area contributed by atoms with Gasteiger partial charge in [-0.05, 0) is 25.7 Å². The Morgan fingerprint density at radius 2 is 2.28 bits per heavy atom. The SMILES string of the molecule is Cc1ncc(C(=O)C=CN(C)C)n1CC1CCC1. The Balaban J connectivity index is 2.14. The minimum absolute atomic E-state index is 0.0311. The molecular formula is C14H21N3O. The quantitative estimate of drug-likeness (QED) is 0.591. The average Bonchev–Trinajstić information content (AvgIpc) is 2.62. The molecule has 0 spiro atoms. The monoisotopic (exact) mass is 247 g/mol. The molecule has 98 valence electrons. The van der Waals surface area contributed by atoms with E-state index in [0.717, 1.165) is 18.3 Å². The van der Waals surface area contributed by atoms with Gasteiger partial charge >= 0.3 is 0 Å². The zero-order valence-corrected chi connectivity index (χ0v) is 11.4. The summed E-state index contributed by atoms with van der Waals surface area (Å²) in [5.74, 6) is 1.69. The Labute approximate surface area is 108 Å². The molecule has 0 N–H and O–H groups in total. The minimum atomic E-state index is 0.0311. The van der Waals surface area contributed by atoms with Crippen LogP contribution < -0.4 is 0 Å². The molecular weight excluding hydrogens is 226 g/mol. The number of hydrogen-bond acceptors (Lipinski definition) is 3. The fourth-order valence-electron chi connectivity index (χ4n) is 2.13. The van der Waals surface area contributed by atoms with Gasteiger partial charge in [0.15, 0.2) is 0 Å². The molecule has 0 unspecified atom stereocenters. The van der Waals surface area contributed by atoms with Gasteiger partial charge in [-0.25, -0.2) is 4.98 Å². The van der Waals surface area contributed by atoms with E-state index in [1.807, 2.05) is 25.9 Å². The normalized spacial score (nSPS) is 15.9. The van der Waals surface area contributed by atoms with Crippen molar-refractivity contribution in [2.75, 3.05) is 14.1 Å². The molecule has 18 heavy (non-hydrogen) atoms. The fraction of sp³-hybridized carbons (Fsp3) is 0.571. The van der Waals surface area contributed by atoms with Crippen LogP contribution in [-0.4, -0.2) is 34.3 Å². The number of hydrogen-bond donors (Lipinski definition) is 0. The lowest BCUT2D eigenvalue weighted by atomic mass is 9.85. The number of imidazole rings is 1. The predicted octanol–water partition coefficient (Wildman–Crippen LogP) is 2.25. The van der Waals surface area contributed by atoms with Crippen molar-refractivity contribution in [2.45, 2.75) is 32.7 Å². The highest BCUT2D eigenvalue weighted by molar-refractivity contribution is 6.03. The highest BCUT2D eigenvalue weighted by Crippen LogP contribution is 2.28. The Morgan fingerprint density at radius 1 is 1.56 bits per heavy atom. The summed E-state index contributed by atoms with van der Waals surface area (Å²) in [5.41, 5.74) is 0.706. The minimum Gasteiger partial charge on any atom is -0.383 e. The zero-order chi connectivity index (χ0) is 13.1. The molecule has 1 aliphatic rings. The first-order chi connectivity index (χ1) is 8.58. The summed E-state index contributed by atoms with van der Waals surface area (Å²) in [6, 6.07) is 0. The van der Waals surface area contributed by atoms with Gasteiger partial charge in [0.1, 0.15) is 11.5 Å². The van der Waals surface area contributed by atoms with Gasteiger partial charge in [0.25, 0.3) is 0 Å². The van der Waals surface area contributed by atoms with Crippen LogP contribution in [0.4, 0.5) is 0 Å². The molecule has 0 aliphatic heterocycles. The van der Waals surface area contributed by atoms with Crippen LogP contribution in [0.2, 0.25) is 0 Å². The number of nitrogens with zero attached hydrogens (tertiary/aromatic N) is 3. The van der Waals surface area contributed by atoms with Crippen LogP contribution in [0.3, 0.4) is 0 Å². The molecule has 1 aliphatic carbocycles. The van der Waals surface area contributed by atoms with Crippen LogP contribution >= 0.6 is 0 Å². The maximum Gasteiger partial charge on any atom is 0.205 e. The first-order valence-electron chi connectivity index (χ1n) is 6.49. The average molecular weight is 247 g/mol. The van der Waals surface area contributed by atoms with Crippen LogP contribution in [-0.2, 0) is 6.54 Å². The Hall–Kier alpha value is -1.58. The highest BCUT2D eigenvalue weighted by Gasteiger charge is 2.21. The van der Waals surface area contributed by atoms with Crippen LogP contribution in [0.5, 0.6) is 0 Å².